The monoisotopic (exact) mass is 310 g/mol. The van der Waals surface area contributed by atoms with Crippen LogP contribution in [0.4, 0.5) is 4.39 Å². The van der Waals surface area contributed by atoms with Crippen molar-refractivity contribution in [1.29, 1.82) is 0 Å². The fraction of sp³-hybridized carbons (Fsp3) is 0.429. The lowest BCUT2D eigenvalue weighted by Crippen LogP contribution is -2.44. The van der Waals surface area contributed by atoms with Gasteiger partial charge in [-0.1, -0.05) is 16.8 Å². The minimum atomic E-state index is -0.426. The Balaban J connectivity index is 1.84. The third kappa shape index (κ3) is 3.07. The van der Waals surface area contributed by atoms with Crippen molar-refractivity contribution in [3.8, 4) is 11.5 Å². The van der Waals surface area contributed by atoms with Crippen LogP contribution in [0.5, 0.6) is 0 Å². The Morgan fingerprint density at radius 1 is 1.38 bits per heavy atom. The Bertz CT molecular complexity index is 627. The average molecular weight is 311 g/mol. The molecule has 3 rings (SSSR count). The van der Waals surface area contributed by atoms with Gasteiger partial charge in [0.25, 0.3) is 5.89 Å². The van der Waals surface area contributed by atoms with Crippen molar-refractivity contribution in [2.75, 3.05) is 26.2 Å². The molecule has 1 aromatic carbocycles. The second-order valence-electron chi connectivity index (χ2n) is 5.04. The Kier molecular flexibility index (Phi) is 4.19. The summed E-state index contributed by atoms with van der Waals surface area (Å²) in [6, 6.07) is 4.30. The van der Waals surface area contributed by atoms with Crippen LogP contribution in [0.15, 0.2) is 22.7 Å². The second-order valence-corrected chi connectivity index (χ2v) is 5.48. The number of aromatic nitrogens is 2. The smallest absolute Gasteiger partial charge is 0.261 e. The molecule has 112 valence electrons. The highest BCUT2D eigenvalue weighted by atomic mass is 35.5. The molecule has 0 amide bonds. The van der Waals surface area contributed by atoms with Crippen LogP contribution >= 0.6 is 11.6 Å². The van der Waals surface area contributed by atoms with E-state index in [0.717, 1.165) is 26.2 Å². The van der Waals surface area contributed by atoms with Crippen molar-refractivity contribution in [3.63, 3.8) is 0 Å². The highest BCUT2D eigenvalue weighted by Crippen LogP contribution is 2.26. The topological polar surface area (TPSA) is 54.2 Å². The van der Waals surface area contributed by atoms with Gasteiger partial charge in [0, 0.05) is 31.2 Å². The quantitative estimate of drug-likeness (QED) is 0.944. The molecule has 0 spiro atoms. The molecule has 0 unspecified atom stereocenters. The summed E-state index contributed by atoms with van der Waals surface area (Å²) in [7, 11) is 0. The van der Waals surface area contributed by atoms with Crippen LogP contribution < -0.4 is 5.32 Å². The number of rotatable bonds is 3. The Hall–Kier alpha value is -1.50. The van der Waals surface area contributed by atoms with Crippen LogP contribution in [-0.4, -0.2) is 41.2 Å². The molecule has 0 aliphatic carbocycles. The van der Waals surface area contributed by atoms with Crippen LogP contribution in [0.3, 0.4) is 0 Å². The zero-order valence-corrected chi connectivity index (χ0v) is 12.4. The van der Waals surface area contributed by atoms with Gasteiger partial charge in [-0.15, -0.1) is 0 Å². The summed E-state index contributed by atoms with van der Waals surface area (Å²) < 4.78 is 19.0. The molecule has 1 aromatic heterocycles. The average Bonchev–Trinajstić information content (AvgIpc) is 2.99. The summed E-state index contributed by atoms with van der Waals surface area (Å²) in [4.78, 5) is 6.58. The summed E-state index contributed by atoms with van der Waals surface area (Å²) in [5.74, 6) is 0.294. The standard InChI is InChI=1S/C14H16ClFN4O/c1-9(20-6-4-17-5-7-20)13-18-14(21-19-13)11-8-10(15)2-3-12(11)16/h2-3,8-9,17H,4-7H2,1H3/t9-/m0/s1. The number of nitrogens with one attached hydrogen (secondary N) is 1. The van der Waals surface area contributed by atoms with Gasteiger partial charge in [0.15, 0.2) is 5.82 Å². The van der Waals surface area contributed by atoms with E-state index in [4.69, 9.17) is 16.1 Å². The van der Waals surface area contributed by atoms with E-state index >= 15 is 0 Å². The first-order valence-corrected chi connectivity index (χ1v) is 7.27. The zero-order chi connectivity index (χ0) is 14.8. The van der Waals surface area contributed by atoms with Crippen molar-refractivity contribution in [2.45, 2.75) is 13.0 Å². The third-order valence-corrected chi connectivity index (χ3v) is 3.91. The number of piperazine rings is 1. The molecule has 1 aliphatic heterocycles. The Morgan fingerprint density at radius 2 is 2.14 bits per heavy atom. The molecule has 1 atom stereocenters. The molecule has 7 heteroatoms. The lowest BCUT2D eigenvalue weighted by molar-refractivity contribution is 0.176. The van der Waals surface area contributed by atoms with Crippen LogP contribution in [-0.2, 0) is 0 Å². The van der Waals surface area contributed by atoms with Gasteiger partial charge in [-0.2, -0.15) is 4.98 Å². The van der Waals surface area contributed by atoms with E-state index < -0.39 is 5.82 Å². The van der Waals surface area contributed by atoms with E-state index in [9.17, 15) is 4.39 Å². The largest absolute Gasteiger partial charge is 0.334 e. The van der Waals surface area contributed by atoms with Gasteiger partial charge in [0.05, 0.1) is 11.6 Å². The predicted octanol–water partition coefficient (Wildman–Crippen LogP) is 2.50. The normalized spacial score (nSPS) is 17.9. The molecule has 0 saturated carbocycles. The predicted molar refractivity (Wildman–Crippen MR) is 77.6 cm³/mol. The molecule has 0 bridgehead atoms. The maximum Gasteiger partial charge on any atom is 0.261 e. The maximum absolute atomic E-state index is 13.8. The minimum absolute atomic E-state index is 0.0341. The van der Waals surface area contributed by atoms with Gasteiger partial charge in [-0.25, -0.2) is 4.39 Å². The van der Waals surface area contributed by atoms with Gasteiger partial charge in [-0.3, -0.25) is 4.90 Å². The fourth-order valence-electron chi connectivity index (χ4n) is 2.41. The number of hydrogen-bond acceptors (Lipinski definition) is 5. The highest BCUT2D eigenvalue weighted by Gasteiger charge is 2.23. The van der Waals surface area contributed by atoms with Crippen molar-refractivity contribution in [1.82, 2.24) is 20.4 Å². The lowest BCUT2D eigenvalue weighted by atomic mass is 10.2. The number of nitrogens with zero attached hydrogens (tertiary/aromatic N) is 3. The Morgan fingerprint density at radius 3 is 2.90 bits per heavy atom. The number of halogens is 2. The van der Waals surface area contributed by atoms with E-state index in [-0.39, 0.29) is 17.5 Å². The first-order valence-electron chi connectivity index (χ1n) is 6.89. The van der Waals surface area contributed by atoms with E-state index in [2.05, 4.69) is 20.4 Å². The number of benzene rings is 1. The van der Waals surface area contributed by atoms with Crippen molar-refractivity contribution < 1.29 is 8.91 Å². The van der Waals surface area contributed by atoms with E-state index in [1.807, 2.05) is 6.92 Å². The summed E-state index contributed by atoms with van der Waals surface area (Å²) in [6.45, 7) is 5.76. The van der Waals surface area contributed by atoms with Gasteiger partial charge < -0.3 is 9.84 Å². The van der Waals surface area contributed by atoms with E-state index in [1.54, 1.807) is 0 Å². The zero-order valence-electron chi connectivity index (χ0n) is 11.6. The van der Waals surface area contributed by atoms with Crippen molar-refractivity contribution >= 4 is 11.6 Å². The summed E-state index contributed by atoms with van der Waals surface area (Å²) in [6.07, 6.45) is 0. The molecule has 2 heterocycles. The van der Waals surface area contributed by atoms with Crippen LogP contribution in [0.1, 0.15) is 18.8 Å². The first kappa shape index (κ1) is 14.4. The van der Waals surface area contributed by atoms with E-state index in [1.165, 1.54) is 18.2 Å². The lowest BCUT2D eigenvalue weighted by Gasteiger charge is -2.30. The van der Waals surface area contributed by atoms with Crippen molar-refractivity contribution in [2.24, 2.45) is 0 Å². The first-order chi connectivity index (χ1) is 10.1. The molecule has 2 aromatic rings. The van der Waals surface area contributed by atoms with Crippen molar-refractivity contribution in [3.05, 3.63) is 34.9 Å². The molecule has 5 nitrogen and oxygen atoms in total. The van der Waals surface area contributed by atoms with Gasteiger partial charge in [-0.05, 0) is 25.1 Å². The minimum Gasteiger partial charge on any atom is -0.334 e. The van der Waals surface area contributed by atoms with Gasteiger partial charge >= 0.3 is 0 Å². The SMILES string of the molecule is C[C@@H](c1noc(-c2cc(Cl)ccc2F)n1)N1CCNCC1. The van der Waals surface area contributed by atoms with Crippen LogP contribution in [0, 0.1) is 5.82 Å². The second kappa shape index (κ2) is 6.09. The molecular weight excluding hydrogens is 295 g/mol. The highest BCUT2D eigenvalue weighted by molar-refractivity contribution is 6.30. The van der Waals surface area contributed by atoms with E-state index in [0.29, 0.717) is 10.8 Å². The third-order valence-electron chi connectivity index (χ3n) is 3.67. The van der Waals surface area contributed by atoms with Crippen LogP contribution in [0.2, 0.25) is 5.02 Å². The van der Waals surface area contributed by atoms with Crippen LogP contribution in [0.25, 0.3) is 11.5 Å². The summed E-state index contributed by atoms with van der Waals surface area (Å²) in [5.41, 5.74) is 0.230. The number of hydrogen-bond donors (Lipinski definition) is 1. The van der Waals surface area contributed by atoms with Gasteiger partial charge in [0.1, 0.15) is 5.82 Å². The molecule has 1 aliphatic rings. The van der Waals surface area contributed by atoms with Gasteiger partial charge in [0.2, 0.25) is 0 Å². The maximum atomic E-state index is 13.8. The molecule has 1 N–H and O–H groups in total. The molecular formula is C14H16ClFN4O. The molecule has 1 saturated heterocycles. The molecule has 0 radical (unpaired) electrons. The summed E-state index contributed by atoms with van der Waals surface area (Å²) in [5, 5.41) is 7.71. The Labute approximate surface area is 127 Å². The summed E-state index contributed by atoms with van der Waals surface area (Å²) >= 11 is 5.89. The fourth-order valence-corrected chi connectivity index (χ4v) is 2.58. The molecule has 1 fully saturated rings. The molecule has 21 heavy (non-hydrogen) atoms.